The monoisotopic (exact) mass is 182 g/mol. The minimum Gasteiger partial charge on any atom is -0.368 e. The van der Waals surface area contributed by atoms with Crippen molar-refractivity contribution in [3.63, 3.8) is 0 Å². The van der Waals surface area contributed by atoms with E-state index < -0.39 is 11.9 Å². The topological polar surface area (TPSA) is 63.4 Å². The van der Waals surface area contributed by atoms with E-state index in [1.54, 1.807) is 6.08 Å². The van der Waals surface area contributed by atoms with Crippen molar-refractivity contribution < 1.29 is 9.59 Å². The fraction of sp³-hybridized carbons (Fsp3) is 0.556. The Balaban J connectivity index is 2.74. The smallest absolute Gasteiger partial charge is 0.247 e. The maximum atomic E-state index is 11.3. The first-order valence-electron chi connectivity index (χ1n) is 4.33. The number of hydrogen-bond acceptors (Lipinski definition) is 2. The summed E-state index contributed by atoms with van der Waals surface area (Å²) in [7, 11) is 0. The Morgan fingerprint density at radius 3 is 2.69 bits per heavy atom. The Hall–Kier alpha value is -1.32. The Bertz CT molecular complexity index is 271. The summed E-state index contributed by atoms with van der Waals surface area (Å²) < 4.78 is 0. The molecule has 0 fully saturated rings. The van der Waals surface area contributed by atoms with Gasteiger partial charge in [0.05, 0.1) is 0 Å². The summed E-state index contributed by atoms with van der Waals surface area (Å²) in [6.45, 7) is 4.24. The molecule has 1 rings (SSSR count). The third-order valence-corrected chi connectivity index (χ3v) is 2.16. The molecule has 13 heavy (non-hydrogen) atoms. The second-order valence-corrected chi connectivity index (χ2v) is 3.28. The van der Waals surface area contributed by atoms with Gasteiger partial charge in [0.25, 0.3) is 0 Å². The molecule has 0 aromatic heterocycles. The number of nitrogens with two attached hydrogens (primary N) is 1. The number of primary amides is 1. The van der Waals surface area contributed by atoms with E-state index in [2.05, 4.69) is 0 Å². The summed E-state index contributed by atoms with van der Waals surface area (Å²) in [5.74, 6) is -0.540. The Kier molecular flexibility index (Phi) is 2.70. The van der Waals surface area contributed by atoms with Gasteiger partial charge in [0.15, 0.2) is 0 Å². The van der Waals surface area contributed by atoms with Crippen LogP contribution in [0.5, 0.6) is 0 Å². The van der Waals surface area contributed by atoms with Crippen LogP contribution in [0, 0.1) is 0 Å². The zero-order valence-electron chi connectivity index (χ0n) is 7.91. The quantitative estimate of drug-likeness (QED) is 0.669. The molecule has 0 radical (unpaired) electrons. The van der Waals surface area contributed by atoms with Gasteiger partial charge in [-0.25, -0.2) is 0 Å². The molecule has 0 aromatic carbocycles. The summed E-state index contributed by atoms with van der Waals surface area (Å²) >= 11 is 0. The highest BCUT2D eigenvalue weighted by Gasteiger charge is 2.29. The van der Waals surface area contributed by atoms with Gasteiger partial charge < -0.3 is 10.6 Å². The SMILES string of the molecule is CC[C@@H](C(N)=O)N1CC(C)=CC1=O. The molecular formula is C9H14N2O2. The van der Waals surface area contributed by atoms with Crippen LogP contribution in [0.2, 0.25) is 0 Å². The largest absolute Gasteiger partial charge is 0.368 e. The summed E-state index contributed by atoms with van der Waals surface area (Å²) in [6, 6.07) is -0.457. The number of nitrogens with zero attached hydrogens (tertiary/aromatic N) is 1. The zero-order chi connectivity index (χ0) is 10.0. The van der Waals surface area contributed by atoms with E-state index in [4.69, 9.17) is 5.73 Å². The molecule has 4 heteroatoms. The molecule has 1 heterocycles. The van der Waals surface area contributed by atoms with Gasteiger partial charge in [-0.05, 0) is 18.9 Å². The van der Waals surface area contributed by atoms with Crippen LogP contribution in [-0.2, 0) is 9.59 Å². The summed E-state index contributed by atoms with van der Waals surface area (Å²) in [5.41, 5.74) is 6.16. The van der Waals surface area contributed by atoms with Crippen molar-refractivity contribution in [2.75, 3.05) is 6.54 Å². The molecule has 1 aliphatic rings. The third kappa shape index (κ3) is 1.88. The van der Waals surface area contributed by atoms with Crippen molar-refractivity contribution in [1.29, 1.82) is 0 Å². The van der Waals surface area contributed by atoms with Crippen molar-refractivity contribution >= 4 is 11.8 Å². The van der Waals surface area contributed by atoms with Gasteiger partial charge in [-0.3, -0.25) is 9.59 Å². The predicted molar refractivity (Wildman–Crippen MR) is 48.7 cm³/mol. The molecule has 2 amide bonds. The predicted octanol–water partition coefficient (Wildman–Crippen LogP) is 0.0388. The van der Waals surface area contributed by atoms with Crippen molar-refractivity contribution in [2.24, 2.45) is 5.73 Å². The average molecular weight is 182 g/mol. The van der Waals surface area contributed by atoms with E-state index in [1.807, 2.05) is 13.8 Å². The normalized spacial score (nSPS) is 18.8. The number of carbonyl (C=O) groups is 2. The van der Waals surface area contributed by atoms with Gasteiger partial charge >= 0.3 is 0 Å². The number of carbonyl (C=O) groups excluding carboxylic acids is 2. The van der Waals surface area contributed by atoms with Crippen molar-refractivity contribution in [3.05, 3.63) is 11.6 Å². The lowest BCUT2D eigenvalue weighted by molar-refractivity contribution is -0.134. The highest BCUT2D eigenvalue weighted by atomic mass is 16.2. The standard InChI is InChI=1S/C9H14N2O2/c1-3-7(9(10)13)11-5-6(2)4-8(11)12/h4,7H,3,5H2,1-2H3,(H2,10,13)/t7-/m0/s1. The van der Waals surface area contributed by atoms with E-state index >= 15 is 0 Å². The first-order chi connectivity index (χ1) is 6.06. The highest BCUT2D eigenvalue weighted by Crippen LogP contribution is 2.14. The molecule has 0 aromatic rings. The zero-order valence-corrected chi connectivity index (χ0v) is 7.91. The Morgan fingerprint density at radius 2 is 2.38 bits per heavy atom. The first kappa shape index (κ1) is 9.77. The first-order valence-corrected chi connectivity index (χ1v) is 4.33. The maximum absolute atomic E-state index is 11.3. The summed E-state index contributed by atoms with van der Waals surface area (Å²) in [6.07, 6.45) is 2.12. The highest BCUT2D eigenvalue weighted by molar-refractivity contribution is 5.95. The third-order valence-electron chi connectivity index (χ3n) is 2.16. The molecule has 0 aliphatic carbocycles. The minimum atomic E-state index is -0.457. The molecule has 0 saturated carbocycles. The van der Waals surface area contributed by atoms with Gasteiger partial charge in [0, 0.05) is 12.6 Å². The maximum Gasteiger partial charge on any atom is 0.247 e. The van der Waals surface area contributed by atoms with E-state index in [0.717, 1.165) is 5.57 Å². The van der Waals surface area contributed by atoms with E-state index in [-0.39, 0.29) is 5.91 Å². The lowest BCUT2D eigenvalue weighted by Gasteiger charge is -2.24. The molecule has 0 unspecified atom stereocenters. The van der Waals surface area contributed by atoms with Crippen molar-refractivity contribution in [1.82, 2.24) is 4.90 Å². The van der Waals surface area contributed by atoms with Gasteiger partial charge in [-0.15, -0.1) is 0 Å². The molecule has 0 spiro atoms. The molecule has 1 atom stereocenters. The van der Waals surface area contributed by atoms with E-state index in [0.29, 0.717) is 13.0 Å². The van der Waals surface area contributed by atoms with Gasteiger partial charge in [-0.2, -0.15) is 0 Å². The van der Waals surface area contributed by atoms with E-state index in [1.165, 1.54) is 4.90 Å². The lowest BCUT2D eigenvalue weighted by Crippen LogP contribution is -2.45. The fourth-order valence-corrected chi connectivity index (χ4v) is 1.52. The Morgan fingerprint density at radius 1 is 1.77 bits per heavy atom. The molecule has 2 N–H and O–H groups in total. The minimum absolute atomic E-state index is 0.108. The number of hydrogen-bond donors (Lipinski definition) is 1. The Labute approximate surface area is 77.4 Å². The van der Waals surface area contributed by atoms with Gasteiger partial charge in [-0.1, -0.05) is 6.92 Å². The van der Waals surface area contributed by atoms with Crippen LogP contribution < -0.4 is 5.73 Å². The van der Waals surface area contributed by atoms with Gasteiger partial charge in [0.2, 0.25) is 11.8 Å². The van der Waals surface area contributed by atoms with Crippen LogP contribution in [0.1, 0.15) is 20.3 Å². The van der Waals surface area contributed by atoms with Crippen molar-refractivity contribution in [2.45, 2.75) is 26.3 Å². The van der Waals surface area contributed by atoms with Crippen LogP contribution in [0.4, 0.5) is 0 Å². The summed E-state index contributed by atoms with van der Waals surface area (Å²) in [4.78, 5) is 23.8. The molecule has 0 saturated heterocycles. The second kappa shape index (κ2) is 3.60. The van der Waals surface area contributed by atoms with E-state index in [9.17, 15) is 9.59 Å². The number of amides is 2. The molecule has 4 nitrogen and oxygen atoms in total. The average Bonchev–Trinajstić information content (AvgIpc) is 2.31. The number of rotatable bonds is 3. The van der Waals surface area contributed by atoms with Gasteiger partial charge in [0.1, 0.15) is 6.04 Å². The molecular weight excluding hydrogens is 168 g/mol. The molecule has 1 aliphatic heterocycles. The van der Waals surface area contributed by atoms with Crippen LogP contribution in [0.25, 0.3) is 0 Å². The second-order valence-electron chi connectivity index (χ2n) is 3.28. The lowest BCUT2D eigenvalue weighted by atomic mass is 10.2. The fourth-order valence-electron chi connectivity index (χ4n) is 1.52. The molecule has 72 valence electrons. The van der Waals surface area contributed by atoms with Crippen LogP contribution in [0.15, 0.2) is 11.6 Å². The van der Waals surface area contributed by atoms with Crippen LogP contribution >= 0.6 is 0 Å². The van der Waals surface area contributed by atoms with Crippen molar-refractivity contribution in [3.8, 4) is 0 Å². The van der Waals surface area contributed by atoms with Crippen LogP contribution in [0.3, 0.4) is 0 Å². The van der Waals surface area contributed by atoms with Crippen LogP contribution in [-0.4, -0.2) is 29.3 Å². The molecule has 0 bridgehead atoms. The summed E-state index contributed by atoms with van der Waals surface area (Å²) in [5, 5.41) is 0.